The normalized spacial score (nSPS) is 17.0. The third-order valence-electron chi connectivity index (χ3n) is 4.82. The second kappa shape index (κ2) is 9.76. The van der Waals surface area contributed by atoms with Gasteiger partial charge < -0.3 is 9.84 Å². The van der Waals surface area contributed by atoms with Crippen LogP contribution in [0.3, 0.4) is 0 Å². The number of hydrogen-bond acceptors (Lipinski definition) is 4. The molecule has 1 aliphatic heterocycles. The van der Waals surface area contributed by atoms with Crippen molar-refractivity contribution >= 4 is 23.2 Å². The van der Waals surface area contributed by atoms with Gasteiger partial charge in [0.05, 0.1) is 0 Å². The molecule has 0 aromatic heterocycles. The first kappa shape index (κ1) is 20.4. The number of halogens is 2. The van der Waals surface area contributed by atoms with Crippen LogP contribution in [0.4, 0.5) is 0 Å². The molecule has 1 heterocycles. The molecular weight excluding hydrogens is 383 g/mol. The van der Waals surface area contributed by atoms with Crippen molar-refractivity contribution in [3.05, 3.63) is 63.6 Å². The third kappa shape index (κ3) is 6.37. The average Bonchev–Trinajstić information content (AvgIpc) is 2.64. The average molecular weight is 409 g/mol. The lowest BCUT2D eigenvalue weighted by Crippen LogP contribution is -2.48. The van der Waals surface area contributed by atoms with Crippen LogP contribution < -0.4 is 4.74 Å². The Morgan fingerprint density at radius 1 is 0.963 bits per heavy atom. The number of β-amino-alcohol motifs (C(OH)–C–C–N with tert-alkyl or cyclic N) is 1. The van der Waals surface area contributed by atoms with E-state index in [1.165, 1.54) is 5.56 Å². The summed E-state index contributed by atoms with van der Waals surface area (Å²) in [6.07, 6.45) is -0.511. The summed E-state index contributed by atoms with van der Waals surface area (Å²) in [5, 5.41) is 11.8. The molecule has 1 aliphatic rings. The topological polar surface area (TPSA) is 35.9 Å². The largest absolute Gasteiger partial charge is 0.491 e. The molecule has 0 saturated carbocycles. The Balaban J connectivity index is 1.38. The summed E-state index contributed by atoms with van der Waals surface area (Å²) in [6.45, 7) is 7.68. The van der Waals surface area contributed by atoms with Crippen molar-refractivity contribution in [3.8, 4) is 5.75 Å². The van der Waals surface area contributed by atoms with Crippen LogP contribution in [0.1, 0.15) is 11.1 Å². The second-order valence-electron chi connectivity index (χ2n) is 7.08. The van der Waals surface area contributed by atoms with Crippen molar-refractivity contribution in [2.75, 3.05) is 39.3 Å². The van der Waals surface area contributed by atoms with Crippen LogP contribution in [-0.4, -0.2) is 60.3 Å². The van der Waals surface area contributed by atoms with E-state index in [1.54, 1.807) is 6.07 Å². The Morgan fingerprint density at radius 3 is 2.26 bits per heavy atom. The number of aliphatic hydroxyl groups is 1. The van der Waals surface area contributed by atoms with Gasteiger partial charge >= 0.3 is 0 Å². The maximum atomic E-state index is 10.3. The van der Waals surface area contributed by atoms with Gasteiger partial charge in [-0.05, 0) is 48.4 Å². The van der Waals surface area contributed by atoms with Crippen LogP contribution in [-0.2, 0) is 6.54 Å². The van der Waals surface area contributed by atoms with Gasteiger partial charge in [0, 0.05) is 49.3 Å². The summed E-state index contributed by atoms with van der Waals surface area (Å²) in [5.41, 5.74) is 2.25. The van der Waals surface area contributed by atoms with Crippen LogP contribution in [0.5, 0.6) is 5.75 Å². The lowest BCUT2D eigenvalue weighted by atomic mass is 10.2. The Hall–Kier alpha value is -1.30. The van der Waals surface area contributed by atoms with Crippen molar-refractivity contribution in [2.24, 2.45) is 0 Å². The lowest BCUT2D eigenvalue weighted by Gasteiger charge is -2.35. The fourth-order valence-electron chi connectivity index (χ4n) is 3.29. The van der Waals surface area contributed by atoms with Crippen LogP contribution in [0, 0.1) is 6.92 Å². The first-order valence-corrected chi connectivity index (χ1v) is 10.0. The van der Waals surface area contributed by atoms with E-state index in [0.29, 0.717) is 11.6 Å². The predicted octanol–water partition coefficient (Wildman–Crippen LogP) is 3.86. The molecule has 1 N–H and O–H groups in total. The fraction of sp³-hybridized carbons (Fsp3) is 0.429. The van der Waals surface area contributed by atoms with Gasteiger partial charge in [0.2, 0.25) is 0 Å². The maximum Gasteiger partial charge on any atom is 0.122 e. The standard InChI is InChI=1S/C21H26Cl2N2O2/c1-16-12-19(23)6-7-21(16)27-15-20(26)14-25-10-8-24(9-11-25)13-17-2-4-18(22)5-3-17/h2-7,12,20,26H,8-11,13-15H2,1H3. The van der Waals surface area contributed by atoms with Gasteiger partial charge in [0.25, 0.3) is 0 Å². The lowest BCUT2D eigenvalue weighted by molar-refractivity contribution is 0.0445. The Labute approximate surface area is 171 Å². The summed E-state index contributed by atoms with van der Waals surface area (Å²) in [5.74, 6) is 0.770. The molecule has 146 valence electrons. The summed E-state index contributed by atoms with van der Waals surface area (Å²) in [6, 6.07) is 13.5. The highest BCUT2D eigenvalue weighted by atomic mass is 35.5. The number of ether oxygens (including phenoxy) is 1. The zero-order chi connectivity index (χ0) is 19.2. The monoisotopic (exact) mass is 408 g/mol. The molecule has 2 aromatic carbocycles. The molecule has 6 heteroatoms. The molecule has 0 bridgehead atoms. The molecule has 4 nitrogen and oxygen atoms in total. The molecule has 2 aromatic rings. The van der Waals surface area contributed by atoms with Crippen molar-refractivity contribution in [1.82, 2.24) is 9.80 Å². The van der Waals surface area contributed by atoms with E-state index in [-0.39, 0.29) is 6.61 Å². The van der Waals surface area contributed by atoms with Crippen molar-refractivity contribution in [1.29, 1.82) is 0 Å². The zero-order valence-corrected chi connectivity index (χ0v) is 17.1. The molecule has 1 atom stereocenters. The van der Waals surface area contributed by atoms with Gasteiger partial charge in [0.1, 0.15) is 18.5 Å². The maximum absolute atomic E-state index is 10.3. The molecule has 0 aliphatic carbocycles. The highest BCUT2D eigenvalue weighted by Gasteiger charge is 2.19. The van der Waals surface area contributed by atoms with E-state index < -0.39 is 6.10 Å². The number of aryl methyl sites for hydroxylation is 1. The minimum atomic E-state index is -0.511. The van der Waals surface area contributed by atoms with E-state index in [4.69, 9.17) is 27.9 Å². The summed E-state index contributed by atoms with van der Waals surface area (Å²) >= 11 is 11.9. The van der Waals surface area contributed by atoms with Crippen LogP contribution in [0.15, 0.2) is 42.5 Å². The van der Waals surface area contributed by atoms with Gasteiger partial charge in [-0.25, -0.2) is 0 Å². The number of nitrogens with zero attached hydrogens (tertiary/aromatic N) is 2. The highest BCUT2D eigenvalue weighted by molar-refractivity contribution is 6.30. The predicted molar refractivity (Wildman–Crippen MR) is 111 cm³/mol. The molecule has 0 radical (unpaired) electrons. The molecule has 0 amide bonds. The number of hydrogen-bond donors (Lipinski definition) is 1. The van der Waals surface area contributed by atoms with E-state index in [0.717, 1.165) is 49.1 Å². The highest BCUT2D eigenvalue weighted by Crippen LogP contribution is 2.22. The van der Waals surface area contributed by atoms with Crippen LogP contribution in [0.2, 0.25) is 10.0 Å². The van der Waals surface area contributed by atoms with Crippen molar-refractivity contribution in [3.63, 3.8) is 0 Å². The van der Waals surface area contributed by atoms with Gasteiger partial charge in [-0.15, -0.1) is 0 Å². The van der Waals surface area contributed by atoms with Gasteiger partial charge in [-0.3, -0.25) is 9.80 Å². The molecule has 1 unspecified atom stereocenters. The van der Waals surface area contributed by atoms with Crippen molar-refractivity contribution in [2.45, 2.75) is 19.6 Å². The number of benzene rings is 2. The van der Waals surface area contributed by atoms with Gasteiger partial charge in [-0.2, -0.15) is 0 Å². The number of piperazine rings is 1. The van der Waals surface area contributed by atoms with E-state index in [1.807, 2.05) is 31.2 Å². The van der Waals surface area contributed by atoms with E-state index >= 15 is 0 Å². The van der Waals surface area contributed by atoms with Crippen LogP contribution in [0.25, 0.3) is 0 Å². The number of rotatable bonds is 7. The Morgan fingerprint density at radius 2 is 1.59 bits per heavy atom. The third-order valence-corrected chi connectivity index (χ3v) is 5.31. The molecular formula is C21H26Cl2N2O2. The van der Waals surface area contributed by atoms with Gasteiger partial charge in [-0.1, -0.05) is 35.3 Å². The Kier molecular flexibility index (Phi) is 7.39. The second-order valence-corrected chi connectivity index (χ2v) is 7.95. The zero-order valence-electron chi connectivity index (χ0n) is 15.6. The first-order valence-electron chi connectivity index (χ1n) is 9.26. The van der Waals surface area contributed by atoms with Crippen molar-refractivity contribution < 1.29 is 9.84 Å². The van der Waals surface area contributed by atoms with Crippen LogP contribution >= 0.6 is 23.2 Å². The molecule has 0 spiro atoms. The quantitative estimate of drug-likeness (QED) is 0.754. The Bertz CT molecular complexity index is 731. The van der Waals surface area contributed by atoms with E-state index in [2.05, 4.69) is 21.9 Å². The smallest absolute Gasteiger partial charge is 0.122 e. The molecule has 3 rings (SSSR count). The van der Waals surface area contributed by atoms with E-state index in [9.17, 15) is 5.11 Å². The molecule has 1 saturated heterocycles. The minimum absolute atomic E-state index is 0.285. The minimum Gasteiger partial charge on any atom is -0.491 e. The first-order chi connectivity index (χ1) is 13.0. The summed E-state index contributed by atoms with van der Waals surface area (Å²) in [4.78, 5) is 4.72. The van der Waals surface area contributed by atoms with Gasteiger partial charge in [0.15, 0.2) is 0 Å². The molecule has 1 fully saturated rings. The summed E-state index contributed by atoms with van der Waals surface area (Å²) in [7, 11) is 0. The molecule has 27 heavy (non-hydrogen) atoms. The SMILES string of the molecule is Cc1cc(Cl)ccc1OCC(O)CN1CCN(Cc2ccc(Cl)cc2)CC1. The fourth-order valence-corrected chi connectivity index (χ4v) is 3.64. The summed E-state index contributed by atoms with van der Waals surface area (Å²) < 4.78 is 5.75. The number of aliphatic hydroxyl groups excluding tert-OH is 1.